The molecule has 2 heterocycles. The molecule has 0 N–H and O–H groups in total. The van der Waals surface area contributed by atoms with Crippen LogP contribution in [0.3, 0.4) is 0 Å². The van der Waals surface area contributed by atoms with Crippen LogP contribution < -0.4 is 0 Å². The molecule has 0 aromatic heterocycles. The fraction of sp³-hybridized carbons (Fsp3) is 0.667. The largest absolute Gasteiger partial charge is 0.342 e. The van der Waals surface area contributed by atoms with Gasteiger partial charge in [-0.15, -0.1) is 0 Å². The number of hydrogen-bond acceptors (Lipinski definition) is 3. The smallest absolute Gasteiger partial charge is 0.237 e. The molecule has 1 aromatic rings. The minimum absolute atomic E-state index is 0.0814. The second kappa shape index (κ2) is 8.47. The summed E-state index contributed by atoms with van der Waals surface area (Å²) in [4.78, 5) is 32.1. The maximum Gasteiger partial charge on any atom is 0.237 e. The predicted octanol–water partition coefficient (Wildman–Crippen LogP) is 3.09. The summed E-state index contributed by atoms with van der Waals surface area (Å²) in [7, 11) is 3.89. The van der Waals surface area contributed by atoms with Crippen LogP contribution in [0.4, 0.5) is 0 Å². The molecule has 0 bridgehead atoms. The highest BCUT2D eigenvalue weighted by molar-refractivity contribution is 5.80. The van der Waals surface area contributed by atoms with Gasteiger partial charge in [-0.25, -0.2) is 0 Å². The molecule has 1 aromatic carbocycles. The van der Waals surface area contributed by atoms with E-state index in [0.717, 1.165) is 26.1 Å². The van der Waals surface area contributed by atoms with Gasteiger partial charge in [-0.3, -0.25) is 9.59 Å². The van der Waals surface area contributed by atoms with Crippen molar-refractivity contribution in [2.75, 3.05) is 40.3 Å². The van der Waals surface area contributed by atoms with Crippen molar-refractivity contribution >= 4 is 11.8 Å². The van der Waals surface area contributed by atoms with Crippen molar-refractivity contribution in [1.29, 1.82) is 0 Å². The molecule has 5 heteroatoms. The third-order valence-electron chi connectivity index (χ3n) is 7.23. The Labute approximate surface area is 175 Å². The van der Waals surface area contributed by atoms with Gasteiger partial charge in [-0.05, 0) is 50.9 Å². The van der Waals surface area contributed by atoms with E-state index in [9.17, 15) is 9.59 Å². The van der Waals surface area contributed by atoms with Crippen LogP contribution >= 0.6 is 0 Å². The SMILES string of the molecule is Cc1ccccc1[C@H]1[C@@H]2CN(C(=O)CC3CCCC3)C[C@@H]2CN1C(=O)CN(C)C. The summed E-state index contributed by atoms with van der Waals surface area (Å²) in [6.45, 7) is 4.94. The van der Waals surface area contributed by atoms with Crippen molar-refractivity contribution in [3.63, 3.8) is 0 Å². The number of fused-ring (bicyclic) bond motifs is 1. The van der Waals surface area contributed by atoms with Crippen LogP contribution in [0.15, 0.2) is 24.3 Å². The van der Waals surface area contributed by atoms with E-state index in [0.29, 0.717) is 30.2 Å². The Hall–Kier alpha value is -1.88. The minimum Gasteiger partial charge on any atom is -0.342 e. The highest BCUT2D eigenvalue weighted by Gasteiger charge is 2.50. The monoisotopic (exact) mass is 397 g/mol. The number of carbonyl (C=O) groups excluding carboxylic acids is 2. The molecule has 2 amide bonds. The molecule has 3 atom stereocenters. The molecule has 0 spiro atoms. The van der Waals surface area contributed by atoms with Crippen LogP contribution in [0.2, 0.25) is 0 Å². The van der Waals surface area contributed by atoms with Gasteiger partial charge in [0, 0.05) is 37.9 Å². The van der Waals surface area contributed by atoms with Crippen molar-refractivity contribution in [2.45, 2.75) is 45.1 Å². The minimum atomic E-state index is 0.0814. The summed E-state index contributed by atoms with van der Waals surface area (Å²) in [5.41, 5.74) is 2.48. The number of rotatable bonds is 5. The predicted molar refractivity (Wildman–Crippen MR) is 114 cm³/mol. The van der Waals surface area contributed by atoms with Crippen LogP contribution in [-0.4, -0.2) is 66.8 Å². The Morgan fingerprint density at radius 3 is 2.45 bits per heavy atom. The first-order valence-corrected chi connectivity index (χ1v) is 11.2. The maximum absolute atomic E-state index is 13.0. The summed E-state index contributed by atoms with van der Waals surface area (Å²) in [6.07, 6.45) is 5.71. The first-order chi connectivity index (χ1) is 13.9. The second-order valence-corrected chi connectivity index (χ2v) is 9.66. The molecular weight excluding hydrogens is 362 g/mol. The highest BCUT2D eigenvalue weighted by Crippen LogP contribution is 2.46. The molecule has 29 heavy (non-hydrogen) atoms. The highest BCUT2D eigenvalue weighted by atomic mass is 16.2. The van der Waals surface area contributed by atoms with Gasteiger partial charge in [-0.1, -0.05) is 37.1 Å². The third-order valence-corrected chi connectivity index (χ3v) is 7.23. The first kappa shape index (κ1) is 20.4. The molecule has 2 aliphatic heterocycles. The molecule has 4 rings (SSSR count). The van der Waals surface area contributed by atoms with E-state index in [1.54, 1.807) is 0 Å². The number of likely N-dealkylation sites (tertiary alicyclic amines) is 2. The van der Waals surface area contributed by atoms with E-state index in [1.165, 1.54) is 36.8 Å². The maximum atomic E-state index is 13.0. The number of nitrogens with zero attached hydrogens (tertiary/aromatic N) is 3. The Morgan fingerprint density at radius 2 is 1.76 bits per heavy atom. The zero-order valence-electron chi connectivity index (χ0n) is 18.1. The molecular formula is C24H35N3O2. The zero-order chi connectivity index (χ0) is 20.5. The Morgan fingerprint density at radius 1 is 1.03 bits per heavy atom. The van der Waals surface area contributed by atoms with Crippen molar-refractivity contribution in [1.82, 2.24) is 14.7 Å². The van der Waals surface area contributed by atoms with Gasteiger partial charge in [-0.2, -0.15) is 0 Å². The van der Waals surface area contributed by atoms with Crippen molar-refractivity contribution in [2.24, 2.45) is 17.8 Å². The fourth-order valence-electron chi connectivity index (χ4n) is 5.77. The normalized spacial score (nSPS) is 27.1. The van der Waals surface area contributed by atoms with Crippen LogP contribution in [0.5, 0.6) is 0 Å². The molecule has 3 fully saturated rings. The molecule has 2 saturated heterocycles. The quantitative estimate of drug-likeness (QED) is 0.767. The summed E-state index contributed by atoms with van der Waals surface area (Å²) >= 11 is 0. The number of benzene rings is 1. The van der Waals surface area contributed by atoms with Crippen LogP contribution in [0, 0.1) is 24.7 Å². The Bertz CT molecular complexity index is 756. The molecule has 1 saturated carbocycles. The lowest BCUT2D eigenvalue weighted by molar-refractivity contribution is -0.134. The van der Waals surface area contributed by atoms with E-state index in [4.69, 9.17) is 0 Å². The molecule has 1 aliphatic carbocycles. The van der Waals surface area contributed by atoms with Crippen LogP contribution in [-0.2, 0) is 9.59 Å². The average molecular weight is 398 g/mol. The number of likely N-dealkylation sites (N-methyl/N-ethyl adjacent to an activating group) is 1. The average Bonchev–Trinajstić information content (AvgIpc) is 3.37. The van der Waals surface area contributed by atoms with Gasteiger partial charge < -0.3 is 14.7 Å². The van der Waals surface area contributed by atoms with E-state index in [2.05, 4.69) is 41.0 Å². The lowest BCUT2D eigenvalue weighted by Crippen LogP contribution is -2.41. The zero-order valence-corrected chi connectivity index (χ0v) is 18.1. The third kappa shape index (κ3) is 4.20. The lowest BCUT2D eigenvalue weighted by atomic mass is 9.87. The Kier molecular flexibility index (Phi) is 5.95. The first-order valence-electron chi connectivity index (χ1n) is 11.2. The number of amides is 2. The van der Waals surface area contributed by atoms with E-state index in [-0.39, 0.29) is 11.9 Å². The van der Waals surface area contributed by atoms with Crippen molar-refractivity contribution in [3.05, 3.63) is 35.4 Å². The number of hydrogen-bond donors (Lipinski definition) is 0. The van der Waals surface area contributed by atoms with Gasteiger partial charge in [0.15, 0.2) is 0 Å². The molecule has 5 nitrogen and oxygen atoms in total. The molecule has 3 aliphatic rings. The second-order valence-electron chi connectivity index (χ2n) is 9.66. The van der Waals surface area contributed by atoms with Crippen LogP contribution in [0.1, 0.15) is 49.3 Å². The summed E-state index contributed by atoms with van der Waals surface area (Å²) in [6, 6.07) is 8.51. The molecule has 0 radical (unpaired) electrons. The standard InChI is InChI=1S/C24H35N3O2/c1-17-8-4-7-11-20(17)24-21-15-26(22(28)12-18-9-5-6-10-18)13-19(21)14-27(24)23(29)16-25(2)3/h4,7-8,11,18-19,21,24H,5-6,9-10,12-16H2,1-3H3/t19-,21-,24+/m1/s1. The summed E-state index contributed by atoms with van der Waals surface area (Å²) in [5.74, 6) is 1.85. The van der Waals surface area contributed by atoms with Crippen molar-refractivity contribution < 1.29 is 9.59 Å². The Balaban J connectivity index is 1.53. The van der Waals surface area contributed by atoms with Gasteiger partial charge >= 0.3 is 0 Å². The van der Waals surface area contributed by atoms with Gasteiger partial charge in [0.1, 0.15) is 0 Å². The van der Waals surface area contributed by atoms with Crippen LogP contribution in [0.25, 0.3) is 0 Å². The van der Waals surface area contributed by atoms with Crippen molar-refractivity contribution in [3.8, 4) is 0 Å². The van der Waals surface area contributed by atoms with E-state index >= 15 is 0 Å². The van der Waals surface area contributed by atoms with Gasteiger partial charge in [0.05, 0.1) is 12.6 Å². The fourth-order valence-corrected chi connectivity index (χ4v) is 5.77. The topological polar surface area (TPSA) is 43.9 Å². The lowest BCUT2D eigenvalue weighted by Gasteiger charge is -2.32. The summed E-state index contributed by atoms with van der Waals surface area (Å²) < 4.78 is 0. The van der Waals surface area contributed by atoms with Gasteiger partial charge in [0.2, 0.25) is 11.8 Å². The van der Waals surface area contributed by atoms with E-state index in [1.807, 2.05) is 19.0 Å². The summed E-state index contributed by atoms with van der Waals surface area (Å²) in [5, 5.41) is 0. The molecule has 158 valence electrons. The van der Waals surface area contributed by atoms with E-state index < -0.39 is 0 Å². The number of carbonyl (C=O) groups is 2. The molecule has 0 unspecified atom stereocenters. The van der Waals surface area contributed by atoms with Gasteiger partial charge in [0.25, 0.3) is 0 Å². The number of aryl methyl sites for hydroxylation is 1.